The number of hydrogen-bond donors (Lipinski definition) is 1. The van der Waals surface area contributed by atoms with Crippen LogP contribution in [0.15, 0.2) is 0 Å². The Morgan fingerprint density at radius 3 is 1.31 bits per heavy atom. The molecule has 1 atom stereocenters. The minimum absolute atomic E-state index is 0. The number of esters is 1. The Hall–Kier alpha value is 0.537. The summed E-state index contributed by atoms with van der Waals surface area (Å²) in [6, 6.07) is 0. The van der Waals surface area contributed by atoms with Crippen LogP contribution in [0.5, 0.6) is 0 Å². The number of ether oxygens (including phenoxy) is 1. The van der Waals surface area contributed by atoms with Crippen molar-refractivity contribution in [3.63, 3.8) is 0 Å². The van der Waals surface area contributed by atoms with Gasteiger partial charge < -0.3 is 12.7 Å². The van der Waals surface area contributed by atoms with Gasteiger partial charge in [-0.2, -0.15) is 0 Å². The Balaban J connectivity index is -0.000000701. The summed E-state index contributed by atoms with van der Waals surface area (Å²) in [7, 11) is 0. The van der Waals surface area contributed by atoms with E-state index in [1.807, 2.05) is 6.92 Å². The fourth-order valence-electron chi connectivity index (χ4n) is 4.10. The third kappa shape index (κ3) is 25.2. The molecule has 0 spiro atoms. The smallest absolute Gasteiger partial charge is 1.00 e. The van der Waals surface area contributed by atoms with Gasteiger partial charge in [0.15, 0.2) is 0 Å². The predicted octanol–water partition coefficient (Wildman–Crippen LogP) is 2.45. The first-order chi connectivity index (χ1) is 14.4. The summed E-state index contributed by atoms with van der Waals surface area (Å²) in [4.78, 5) is 22.8. The number of carbonyl (C=O) groups is 2. The molecule has 0 aliphatic carbocycles. The van der Waals surface area contributed by atoms with Crippen molar-refractivity contribution in [2.45, 2.75) is 155 Å². The van der Waals surface area contributed by atoms with Crippen LogP contribution >= 0.6 is 0 Å². The van der Waals surface area contributed by atoms with Gasteiger partial charge in [0.25, 0.3) is 0 Å². The van der Waals surface area contributed by atoms with Crippen LogP contribution in [-0.4, -0.2) is 22.6 Å². The summed E-state index contributed by atoms with van der Waals surface area (Å²) >= 11 is 0. The van der Waals surface area contributed by atoms with E-state index in [4.69, 9.17) is 9.84 Å². The van der Waals surface area contributed by atoms with Crippen LogP contribution in [0.25, 0.3) is 0 Å². The summed E-state index contributed by atoms with van der Waals surface area (Å²) < 4.78 is 5.66. The number of carbonyl (C=O) groups excluding carboxylic acids is 1. The normalized spacial score (nSPS) is 12.3. The van der Waals surface area contributed by atoms with Crippen molar-refractivity contribution in [2.24, 2.45) is 0 Å². The number of hydrogen-bond acceptors (Lipinski definition) is 3. The number of carboxylic acid groups (broad SMARTS) is 1. The first-order valence-electron chi connectivity index (χ1n) is 12.9. The van der Waals surface area contributed by atoms with Gasteiger partial charge in [-0.15, -0.1) is 0 Å². The fourth-order valence-corrected chi connectivity index (χ4v) is 4.10. The van der Waals surface area contributed by atoms with Crippen molar-refractivity contribution in [1.29, 1.82) is 0 Å². The average Bonchev–Trinajstić information content (AvgIpc) is 2.68. The molecule has 0 amide bonds. The maximum atomic E-state index is 12.0. The van der Waals surface area contributed by atoms with Gasteiger partial charge in [0.1, 0.15) is 12.0 Å². The molecular formula is C26H52LiNaO4. The number of rotatable bonds is 22. The first-order valence-corrected chi connectivity index (χ1v) is 12.9. The van der Waals surface area contributed by atoms with E-state index in [1.54, 1.807) is 0 Å². The van der Waals surface area contributed by atoms with E-state index in [0.29, 0.717) is 0 Å². The van der Waals surface area contributed by atoms with E-state index in [2.05, 4.69) is 13.8 Å². The van der Waals surface area contributed by atoms with Crippen molar-refractivity contribution in [3.05, 3.63) is 0 Å². The second-order valence-electron chi connectivity index (χ2n) is 9.30. The van der Waals surface area contributed by atoms with Gasteiger partial charge in [-0.1, -0.05) is 110 Å². The standard InChI is InChI=1S/C26H50O4.Li.Na.2H/c1-4-6-8-10-12-13-14-16-18-20-22-26(3,30-25(29)23-24(27)28)21-19-17-15-11-9-7-5-2;;;;/h4-23H2,1-3H3,(H,27,28);;;;/q;2*+1;2*-1. The van der Waals surface area contributed by atoms with Crippen molar-refractivity contribution in [3.8, 4) is 0 Å². The third-order valence-corrected chi connectivity index (χ3v) is 6.02. The first kappa shape index (κ1) is 37.1. The molecule has 0 rings (SSSR count). The largest absolute Gasteiger partial charge is 1.00 e. The molecule has 0 aromatic heterocycles. The average molecular weight is 459 g/mol. The molecule has 0 aliphatic rings. The second-order valence-corrected chi connectivity index (χ2v) is 9.30. The molecule has 4 nitrogen and oxygen atoms in total. The molecule has 0 aromatic carbocycles. The van der Waals surface area contributed by atoms with E-state index in [1.165, 1.54) is 83.5 Å². The molecule has 0 heterocycles. The molecule has 0 fully saturated rings. The van der Waals surface area contributed by atoms with Crippen LogP contribution in [-0.2, 0) is 14.3 Å². The van der Waals surface area contributed by atoms with E-state index in [9.17, 15) is 9.59 Å². The van der Waals surface area contributed by atoms with Crippen LogP contribution in [0, 0.1) is 0 Å². The SMILES string of the molecule is CCCCCCCCCCCCC(C)(CCCCCCCCC)OC(=O)CC(=O)O.[H-].[H-].[Li+].[Na+]. The molecule has 0 aromatic rings. The van der Waals surface area contributed by atoms with Crippen LogP contribution in [0.2, 0.25) is 0 Å². The molecule has 0 bridgehead atoms. The zero-order valence-electron chi connectivity index (χ0n) is 24.3. The summed E-state index contributed by atoms with van der Waals surface area (Å²) in [5.41, 5.74) is -0.518. The van der Waals surface area contributed by atoms with Gasteiger partial charge in [0.05, 0.1) is 0 Å². The van der Waals surface area contributed by atoms with Crippen molar-refractivity contribution < 1.29 is 70.7 Å². The molecule has 0 saturated heterocycles. The fraction of sp³-hybridized carbons (Fsp3) is 0.923. The monoisotopic (exact) mass is 458 g/mol. The number of unbranched alkanes of at least 4 members (excludes halogenated alkanes) is 15. The van der Waals surface area contributed by atoms with Crippen LogP contribution in [0.1, 0.15) is 152 Å². The van der Waals surface area contributed by atoms with E-state index < -0.39 is 24.0 Å². The third-order valence-electron chi connectivity index (χ3n) is 6.02. The number of aliphatic carboxylic acids is 1. The summed E-state index contributed by atoms with van der Waals surface area (Å²) in [5, 5.41) is 8.86. The van der Waals surface area contributed by atoms with Crippen LogP contribution in [0.3, 0.4) is 0 Å². The molecule has 0 saturated carbocycles. The molecule has 0 aliphatic heterocycles. The Kier molecular flexibility index (Phi) is 30.3. The Labute approximate surface area is 236 Å². The van der Waals surface area contributed by atoms with Crippen molar-refractivity contribution >= 4 is 11.9 Å². The number of carboxylic acids is 1. The summed E-state index contributed by atoms with van der Waals surface area (Å²) in [5.74, 6) is -1.71. The molecule has 182 valence electrons. The van der Waals surface area contributed by atoms with Crippen LogP contribution < -0.4 is 48.4 Å². The van der Waals surface area contributed by atoms with E-state index in [0.717, 1.165) is 38.5 Å². The Morgan fingerprint density at radius 1 is 0.688 bits per heavy atom. The predicted molar refractivity (Wildman–Crippen MR) is 128 cm³/mol. The molecular weight excluding hydrogens is 406 g/mol. The van der Waals surface area contributed by atoms with Gasteiger partial charge >= 0.3 is 60.4 Å². The molecule has 1 unspecified atom stereocenters. The second kappa shape index (κ2) is 26.1. The maximum absolute atomic E-state index is 12.0. The zero-order chi connectivity index (χ0) is 22.5. The van der Waals surface area contributed by atoms with Crippen molar-refractivity contribution in [2.75, 3.05) is 0 Å². The maximum Gasteiger partial charge on any atom is 1.00 e. The Morgan fingerprint density at radius 2 is 1.00 bits per heavy atom. The zero-order valence-corrected chi connectivity index (χ0v) is 24.3. The van der Waals surface area contributed by atoms with Crippen molar-refractivity contribution in [1.82, 2.24) is 0 Å². The minimum Gasteiger partial charge on any atom is -1.00 e. The van der Waals surface area contributed by atoms with Crippen LogP contribution in [0.4, 0.5) is 0 Å². The van der Waals surface area contributed by atoms with Gasteiger partial charge in [-0.05, 0) is 32.6 Å². The summed E-state index contributed by atoms with van der Waals surface area (Å²) in [6.45, 7) is 6.47. The quantitative estimate of drug-likeness (QED) is 0.117. The van der Waals surface area contributed by atoms with E-state index in [-0.39, 0.29) is 51.3 Å². The summed E-state index contributed by atoms with van der Waals surface area (Å²) in [6.07, 6.45) is 22.5. The van der Waals surface area contributed by atoms with Gasteiger partial charge in [-0.3, -0.25) is 9.59 Å². The molecule has 1 N–H and O–H groups in total. The van der Waals surface area contributed by atoms with Gasteiger partial charge in [0.2, 0.25) is 0 Å². The Bertz CT molecular complexity index is 445. The van der Waals surface area contributed by atoms with E-state index >= 15 is 0 Å². The van der Waals surface area contributed by atoms with Gasteiger partial charge in [0, 0.05) is 0 Å². The molecule has 32 heavy (non-hydrogen) atoms. The van der Waals surface area contributed by atoms with Gasteiger partial charge in [-0.25, -0.2) is 0 Å². The molecule has 0 radical (unpaired) electrons. The topological polar surface area (TPSA) is 63.6 Å². The molecule has 6 heteroatoms. The minimum atomic E-state index is -1.11.